The third-order valence-electron chi connectivity index (χ3n) is 23.4. The summed E-state index contributed by atoms with van der Waals surface area (Å²) in [6.45, 7) is 10.8. The van der Waals surface area contributed by atoms with Crippen LogP contribution in [0.5, 0.6) is 5.75 Å². The molecule has 5 aromatic rings. The van der Waals surface area contributed by atoms with Gasteiger partial charge < -0.3 is 120 Å². The van der Waals surface area contributed by atoms with E-state index in [4.69, 9.17) is 17.2 Å². The number of likely N-dealkylation sites (N-methyl/N-ethyl adjacent to an activating group) is 3. The molecule has 0 unspecified atom stereocenters. The van der Waals surface area contributed by atoms with Crippen molar-refractivity contribution in [2.24, 2.45) is 28.5 Å². The second kappa shape index (κ2) is 47.9. The molecule has 0 saturated carbocycles. The summed E-state index contributed by atoms with van der Waals surface area (Å²) in [5.41, 5.74) is 19.3. The standard InChI is InChI=1S/C89H128N20O20S/c1-12-14-25-68-81(122)97-59(33-48(3)4)77(118)104-67(76(117)95-43-73(92)114)46-130-47-74(115)96-61(34-50-28-30-53(111)31-29-50)84(125)105(9)49(5)75(116)99-63(38-72(91)113)86(127)108-32-20-27-69(108)82(123)102-65(40-90)79(120)101-64(39-89(6,7)8)87(128)109-44-54(112)37-71(109)83(124)98-60(35-51-41-93-57-23-18-16-21-55(51)57)78(119)103-66(45-110)80(121)100-62(36-52-42-94-58-24-19-17-22-56(52)58)85(126)107(11)70(26-15-13-2)88(129)106(68)10/h16-19,21-24,28-31,41-42,48-49,54,59-71,93-94,110-112H,12-15,20,25-27,32-40,43-47,90H2,1-11H3,(H2,91,113)(H2,92,114)(H,95,117)(H,96,115)(H,97,122)(H,98,124)(H,99,116)(H,100,121)(H,101,120)(H,102,123)(H,103,119)(H,104,118)/t49-,54+,59-,60-,61-,62-,63-,64-,65-,66-,67-,68-,69-,70-,71-/m0/s1. The molecule has 3 fully saturated rings. The molecule has 21 N–H and O–H groups in total. The number of primary amides is 2. The van der Waals surface area contributed by atoms with Crippen molar-refractivity contribution in [2.75, 3.05) is 65.4 Å². The summed E-state index contributed by atoms with van der Waals surface area (Å²) in [6, 6.07) is -1.80. The van der Waals surface area contributed by atoms with Gasteiger partial charge in [0.25, 0.3) is 0 Å². The summed E-state index contributed by atoms with van der Waals surface area (Å²) in [7, 11) is 3.96. The van der Waals surface area contributed by atoms with Gasteiger partial charge in [0.15, 0.2) is 0 Å². The van der Waals surface area contributed by atoms with Gasteiger partial charge in [-0.25, -0.2) is 0 Å². The van der Waals surface area contributed by atoms with Gasteiger partial charge in [0.2, 0.25) is 100 Å². The first-order valence-electron chi connectivity index (χ1n) is 44.0. The van der Waals surface area contributed by atoms with Crippen molar-refractivity contribution in [2.45, 2.75) is 242 Å². The third kappa shape index (κ3) is 28.4. The smallest absolute Gasteiger partial charge is 0.246 e. The number of fused-ring (bicyclic) bond motifs is 4. The molecule has 8 rings (SSSR count). The lowest BCUT2D eigenvalue weighted by atomic mass is 9.87. The summed E-state index contributed by atoms with van der Waals surface area (Å²) >= 11 is 0.795. The zero-order valence-electron chi connectivity index (χ0n) is 75.5. The summed E-state index contributed by atoms with van der Waals surface area (Å²) < 4.78 is 0. The van der Waals surface area contributed by atoms with Crippen LogP contribution in [0.1, 0.15) is 149 Å². The van der Waals surface area contributed by atoms with Crippen molar-refractivity contribution in [3.63, 3.8) is 0 Å². The van der Waals surface area contributed by atoms with Crippen LogP contribution < -0.4 is 70.4 Å². The molecule has 41 heteroatoms. The monoisotopic (exact) mass is 1830 g/mol. The maximum absolute atomic E-state index is 15.7. The number of hydrogen-bond acceptors (Lipinski definition) is 22. The van der Waals surface area contributed by atoms with Crippen LogP contribution in [-0.2, 0) is 101 Å². The van der Waals surface area contributed by atoms with Crippen molar-refractivity contribution >= 4 is 134 Å². The molecule has 710 valence electrons. The van der Waals surface area contributed by atoms with Crippen LogP contribution in [0, 0.1) is 11.3 Å². The van der Waals surface area contributed by atoms with E-state index < -0.39 is 241 Å². The molecular formula is C89H128N20O20S. The number of carbonyl (C=O) groups is 17. The van der Waals surface area contributed by atoms with Gasteiger partial charge in [0.1, 0.15) is 90.3 Å². The molecule has 2 aromatic heterocycles. The number of hydrogen-bond donors (Lipinski definition) is 18. The number of phenols is 1. The summed E-state index contributed by atoms with van der Waals surface area (Å²) in [4.78, 5) is 260. The van der Waals surface area contributed by atoms with Crippen LogP contribution in [0.3, 0.4) is 0 Å². The molecule has 0 bridgehead atoms. The van der Waals surface area contributed by atoms with Gasteiger partial charge in [-0.15, -0.1) is 11.8 Å². The van der Waals surface area contributed by atoms with Crippen LogP contribution in [0.2, 0.25) is 0 Å². The maximum atomic E-state index is 15.7. The van der Waals surface area contributed by atoms with Crippen molar-refractivity contribution in [1.29, 1.82) is 0 Å². The summed E-state index contributed by atoms with van der Waals surface area (Å²) in [5.74, 6) is -17.2. The van der Waals surface area contributed by atoms with Crippen molar-refractivity contribution < 1.29 is 96.8 Å². The zero-order chi connectivity index (χ0) is 95.7. The number of thioether (sulfide) groups is 1. The Labute approximate surface area is 758 Å². The maximum Gasteiger partial charge on any atom is 0.246 e. The van der Waals surface area contributed by atoms with Crippen LogP contribution in [0.25, 0.3) is 21.8 Å². The summed E-state index contributed by atoms with van der Waals surface area (Å²) in [5, 5.41) is 60.4. The minimum atomic E-state index is -1.87. The number of rotatable bonds is 22. The van der Waals surface area contributed by atoms with Crippen LogP contribution in [-0.4, -0.2) is 306 Å². The number of aromatic nitrogens is 2. The van der Waals surface area contributed by atoms with Gasteiger partial charge in [-0.1, -0.05) is 123 Å². The first-order valence-corrected chi connectivity index (χ1v) is 45.1. The number of nitrogens with two attached hydrogens (primary N) is 3. The molecule has 0 spiro atoms. The number of carbonyl (C=O) groups excluding carboxylic acids is 17. The van der Waals surface area contributed by atoms with Gasteiger partial charge in [-0.05, 0) is 97.7 Å². The number of nitrogens with one attached hydrogen (secondary N) is 12. The number of nitrogens with zero attached hydrogens (tertiary/aromatic N) is 5. The number of aliphatic hydroxyl groups is 2. The zero-order valence-corrected chi connectivity index (χ0v) is 76.4. The second-order valence-electron chi connectivity index (χ2n) is 35.2. The number of amides is 17. The molecule has 3 aromatic carbocycles. The average molecular weight is 1830 g/mol. The number of aromatic amines is 2. The largest absolute Gasteiger partial charge is 0.508 e. The molecule has 0 radical (unpaired) electrons. The van der Waals surface area contributed by atoms with E-state index >= 15 is 33.6 Å². The lowest BCUT2D eigenvalue weighted by Crippen LogP contribution is -2.62. The minimum absolute atomic E-state index is 0.0131. The molecule has 15 atom stereocenters. The van der Waals surface area contributed by atoms with Crippen molar-refractivity contribution in [3.8, 4) is 5.75 Å². The van der Waals surface area contributed by atoms with E-state index in [9.17, 15) is 63.3 Å². The minimum Gasteiger partial charge on any atom is -0.508 e. The topological polar surface area (TPSA) is 597 Å². The molecule has 3 saturated heterocycles. The van der Waals surface area contributed by atoms with E-state index in [2.05, 4.69) is 63.1 Å². The number of aromatic hydroxyl groups is 1. The number of unbranched alkanes of at least 4 members (excludes halogenated alkanes) is 2. The Morgan fingerprint density at radius 2 is 1.06 bits per heavy atom. The Bertz CT molecular complexity index is 4880. The highest BCUT2D eigenvalue weighted by atomic mass is 32.2. The van der Waals surface area contributed by atoms with E-state index in [0.29, 0.717) is 64.2 Å². The first kappa shape index (κ1) is 103. The molecular weight excluding hydrogens is 1700 g/mol. The predicted octanol–water partition coefficient (Wildman–Crippen LogP) is -1.76. The highest BCUT2D eigenvalue weighted by Crippen LogP contribution is 2.30. The fourth-order valence-corrected chi connectivity index (χ4v) is 17.1. The Hall–Kier alpha value is -12.2. The lowest BCUT2D eigenvalue weighted by Gasteiger charge is -2.36. The Balaban J connectivity index is 1.18. The Morgan fingerprint density at radius 1 is 0.554 bits per heavy atom. The normalized spacial score (nSPS) is 25.5. The van der Waals surface area contributed by atoms with Crippen molar-refractivity contribution in [1.82, 2.24) is 87.6 Å². The average Bonchev–Trinajstić information content (AvgIpc) is 1.59. The lowest BCUT2D eigenvalue weighted by molar-refractivity contribution is -0.149. The van der Waals surface area contributed by atoms with E-state index in [1.54, 1.807) is 95.5 Å². The highest BCUT2D eigenvalue weighted by Gasteiger charge is 2.47. The van der Waals surface area contributed by atoms with Crippen molar-refractivity contribution in [3.05, 3.63) is 102 Å². The number of aliphatic hydroxyl groups excluding tert-OH is 2. The molecule has 0 aliphatic carbocycles. The molecule has 3 aliphatic rings. The molecule has 130 heavy (non-hydrogen) atoms. The SMILES string of the molecule is CCCC[C@H]1C(=O)N(C)[C@@H](CCCC)C(=O)N[C@@H](CC(C)C)C(=O)N[C@H](C(=O)NCC(N)=O)CSCC(=O)N[C@@H](Cc2ccc(O)cc2)C(=O)N(C)[C@@H](C)C(=O)N[C@@H](CC(N)=O)C(=O)N2CCC[C@H]2C(=O)N[C@@H](CN)C(=O)N[C@@H](CC(C)(C)C)C(=O)N2C[C@H](O)C[C@H]2C(=O)N[C@@H](Cc2c[nH]c3ccccc23)C(=O)N[C@@H](CO)C(=O)N[C@@H](Cc2c[nH]c3ccccc23)C(=O)N1C. The molecule has 40 nitrogen and oxygen atoms in total. The van der Waals surface area contributed by atoms with E-state index in [1.165, 1.54) is 57.2 Å². The van der Waals surface area contributed by atoms with Gasteiger partial charge >= 0.3 is 0 Å². The Kier molecular flexibility index (Phi) is 38.0. The van der Waals surface area contributed by atoms with Gasteiger partial charge in [0, 0.05) is 106 Å². The third-order valence-corrected chi connectivity index (χ3v) is 24.4. The number of H-pyrrole nitrogens is 2. The number of benzene rings is 3. The molecule has 5 heterocycles. The highest BCUT2D eigenvalue weighted by molar-refractivity contribution is 8.00. The Morgan fingerprint density at radius 3 is 1.65 bits per heavy atom. The van der Waals surface area contributed by atoms with Crippen LogP contribution in [0.4, 0.5) is 0 Å². The van der Waals surface area contributed by atoms with E-state index in [1.807, 2.05) is 13.8 Å². The first-order chi connectivity index (χ1) is 61.6. The van der Waals surface area contributed by atoms with Crippen LogP contribution >= 0.6 is 11.8 Å². The van der Waals surface area contributed by atoms with Gasteiger partial charge in [-0.2, -0.15) is 0 Å². The summed E-state index contributed by atoms with van der Waals surface area (Å²) in [6.07, 6.45) is 1.68. The molecule has 17 amide bonds. The predicted molar refractivity (Wildman–Crippen MR) is 481 cm³/mol. The number of para-hydroxylation sites is 2. The quantitative estimate of drug-likeness (QED) is 0.0365. The van der Waals surface area contributed by atoms with E-state index in [-0.39, 0.29) is 82.4 Å². The molecule has 3 aliphatic heterocycles. The fourth-order valence-electron chi connectivity index (χ4n) is 16.2. The van der Waals surface area contributed by atoms with E-state index in [0.717, 1.165) is 31.4 Å². The van der Waals surface area contributed by atoms with Gasteiger partial charge in [0.05, 0.1) is 31.4 Å². The van der Waals surface area contributed by atoms with Gasteiger partial charge in [-0.3, -0.25) is 81.5 Å². The fraction of sp³-hybridized carbons (Fsp3) is 0.562. The van der Waals surface area contributed by atoms with Crippen LogP contribution in [0.15, 0.2) is 85.2 Å². The number of phenolic OH excluding ortho intramolecular Hbond substituents is 1. The second-order valence-corrected chi connectivity index (χ2v) is 36.2.